The second-order valence-electron chi connectivity index (χ2n) is 10.2. The SMILES string of the molecule is CCOC(=O)Cc1ccccc1OCc1cc(-c2cccc(CN)c2)c2oc(CN(C)Cc3ccccc3)cc2c1. The minimum Gasteiger partial charge on any atom is -0.489 e. The van der Waals surface area contributed by atoms with Crippen molar-refractivity contribution in [3.05, 3.63) is 125 Å². The Morgan fingerprint density at radius 3 is 2.44 bits per heavy atom. The molecule has 6 heteroatoms. The van der Waals surface area contributed by atoms with Gasteiger partial charge in [-0.2, -0.15) is 0 Å². The number of fused-ring (bicyclic) bond motifs is 1. The van der Waals surface area contributed by atoms with E-state index in [1.165, 1.54) is 5.56 Å². The monoisotopic (exact) mass is 548 g/mol. The Kier molecular flexibility index (Phi) is 9.14. The lowest BCUT2D eigenvalue weighted by molar-refractivity contribution is -0.142. The van der Waals surface area contributed by atoms with Crippen molar-refractivity contribution in [2.45, 2.75) is 39.6 Å². The topological polar surface area (TPSA) is 77.9 Å². The summed E-state index contributed by atoms with van der Waals surface area (Å²) in [6, 6.07) is 32.6. The van der Waals surface area contributed by atoms with E-state index in [1.807, 2.05) is 42.5 Å². The van der Waals surface area contributed by atoms with Gasteiger partial charge in [-0.25, -0.2) is 0 Å². The normalized spacial score (nSPS) is 11.2. The Morgan fingerprint density at radius 1 is 0.854 bits per heavy atom. The number of rotatable bonds is 12. The highest BCUT2D eigenvalue weighted by Gasteiger charge is 2.16. The van der Waals surface area contributed by atoms with Crippen LogP contribution in [0.15, 0.2) is 101 Å². The van der Waals surface area contributed by atoms with Crippen LogP contribution < -0.4 is 10.5 Å². The smallest absolute Gasteiger partial charge is 0.310 e. The van der Waals surface area contributed by atoms with E-state index in [0.717, 1.165) is 51.1 Å². The van der Waals surface area contributed by atoms with Gasteiger partial charge in [0.15, 0.2) is 0 Å². The van der Waals surface area contributed by atoms with Crippen LogP contribution >= 0.6 is 0 Å². The number of nitrogens with zero attached hydrogens (tertiary/aromatic N) is 1. The first-order valence-corrected chi connectivity index (χ1v) is 14.0. The Labute approximate surface area is 241 Å². The van der Waals surface area contributed by atoms with Crippen molar-refractivity contribution in [2.24, 2.45) is 5.73 Å². The molecule has 5 rings (SSSR count). The number of furan rings is 1. The molecule has 0 unspecified atom stereocenters. The molecule has 0 fully saturated rings. The van der Waals surface area contributed by atoms with E-state index in [-0.39, 0.29) is 12.4 Å². The fraction of sp³-hybridized carbons (Fsp3) is 0.229. The van der Waals surface area contributed by atoms with Gasteiger partial charge in [-0.05, 0) is 66.6 Å². The summed E-state index contributed by atoms with van der Waals surface area (Å²) in [5.74, 6) is 1.30. The van der Waals surface area contributed by atoms with Crippen LogP contribution in [0.2, 0.25) is 0 Å². The summed E-state index contributed by atoms with van der Waals surface area (Å²) in [6.45, 7) is 4.47. The largest absolute Gasteiger partial charge is 0.489 e. The zero-order valence-corrected chi connectivity index (χ0v) is 23.6. The van der Waals surface area contributed by atoms with Gasteiger partial charge in [-0.15, -0.1) is 0 Å². The van der Waals surface area contributed by atoms with Crippen LogP contribution in [0.4, 0.5) is 0 Å². The van der Waals surface area contributed by atoms with Crippen LogP contribution in [0.1, 0.15) is 34.9 Å². The maximum absolute atomic E-state index is 12.1. The molecule has 0 aliphatic heterocycles. The molecule has 1 aromatic heterocycles. The van der Waals surface area contributed by atoms with Crippen molar-refractivity contribution >= 4 is 16.9 Å². The summed E-state index contributed by atoms with van der Waals surface area (Å²) in [5, 5.41) is 1.02. The molecule has 0 atom stereocenters. The van der Waals surface area contributed by atoms with Crippen LogP contribution in [-0.2, 0) is 42.2 Å². The van der Waals surface area contributed by atoms with Gasteiger partial charge in [0.1, 0.15) is 23.7 Å². The van der Waals surface area contributed by atoms with E-state index in [4.69, 9.17) is 19.6 Å². The van der Waals surface area contributed by atoms with E-state index in [9.17, 15) is 4.79 Å². The Hall–Kier alpha value is -4.39. The van der Waals surface area contributed by atoms with Crippen molar-refractivity contribution < 1.29 is 18.7 Å². The highest BCUT2D eigenvalue weighted by atomic mass is 16.5. The molecule has 0 bridgehead atoms. The molecular weight excluding hydrogens is 512 g/mol. The summed E-state index contributed by atoms with van der Waals surface area (Å²) in [6.07, 6.45) is 0.168. The van der Waals surface area contributed by atoms with E-state index in [2.05, 4.69) is 66.5 Å². The number of hydrogen-bond donors (Lipinski definition) is 1. The molecule has 1 heterocycles. The zero-order chi connectivity index (χ0) is 28.6. The van der Waals surface area contributed by atoms with Crippen LogP contribution in [0, 0.1) is 0 Å². The average molecular weight is 549 g/mol. The lowest BCUT2D eigenvalue weighted by Crippen LogP contribution is -2.16. The number of hydrogen-bond acceptors (Lipinski definition) is 6. The van der Waals surface area contributed by atoms with Gasteiger partial charge >= 0.3 is 5.97 Å². The molecule has 41 heavy (non-hydrogen) atoms. The third-order valence-electron chi connectivity index (χ3n) is 6.93. The zero-order valence-electron chi connectivity index (χ0n) is 23.6. The second-order valence-corrected chi connectivity index (χ2v) is 10.2. The molecule has 0 aliphatic carbocycles. The van der Waals surface area contributed by atoms with Crippen molar-refractivity contribution in [1.82, 2.24) is 4.90 Å². The lowest BCUT2D eigenvalue weighted by atomic mass is 9.99. The van der Waals surface area contributed by atoms with E-state index in [1.54, 1.807) is 6.92 Å². The lowest BCUT2D eigenvalue weighted by Gasteiger charge is -2.15. The molecule has 0 saturated carbocycles. The standard InChI is InChI=1S/C35H36N2O4/c1-3-39-34(38)20-29-13-7-8-15-33(29)40-24-27-17-30-19-31(23-37(2)22-25-10-5-4-6-11-25)41-35(30)32(18-27)28-14-9-12-26(16-28)21-36/h4-19H,3,20-24,36H2,1-2H3. The third-order valence-corrected chi connectivity index (χ3v) is 6.93. The highest BCUT2D eigenvalue weighted by Crippen LogP contribution is 2.34. The number of esters is 1. The highest BCUT2D eigenvalue weighted by molar-refractivity contribution is 5.93. The number of nitrogens with two attached hydrogens (primary N) is 1. The Bertz CT molecular complexity index is 1610. The third kappa shape index (κ3) is 7.23. The fourth-order valence-electron chi connectivity index (χ4n) is 5.05. The van der Waals surface area contributed by atoms with E-state index in [0.29, 0.717) is 32.1 Å². The molecule has 0 amide bonds. The first-order chi connectivity index (χ1) is 20.0. The van der Waals surface area contributed by atoms with Crippen LogP contribution in [-0.4, -0.2) is 24.5 Å². The van der Waals surface area contributed by atoms with Crippen molar-refractivity contribution in [2.75, 3.05) is 13.7 Å². The van der Waals surface area contributed by atoms with E-state index < -0.39 is 0 Å². The van der Waals surface area contributed by atoms with Crippen molar-refractivity contribution in [3.63, 3.8) is 0 Å². The van der Waals surface area contributed by atoms with Crippen molar-refractivity contribution in [3.8, 4) is 16.9 Å². The van der Waals surface area contributed by atoms with Crippen LogP contribution in [0.25, 0.3) is 22.1 Å². The van der Waals surface area contributed by atoms with Gasteiger partial charge in [0.2, 0.25) is 0 Å². The second kappa shape index (κ2) is 13.3. The van der Waals surface area contributed by atoms with Crippen molar-refractivity contribution in [1.29, 1.82) is 0 Å². The molecule has 4 aromatic carbocycles. The van der Waals surface area contributed by atoms with Gasteiger partial charge in [0.05, 0.1) is 19.6 Å². The van der Waals surface area contributed by atoms with Crippen LogP contribution in [0.3, 0.4) is 0 Å². The minimum atomic E-state index is -0.268. The van der Waals surface area contributed by atoms with Gasteiger partial charge in [0, 0.05) is 29.6 Å². The number of carbonyl (C=O) groups excluding carboxylic acids is 1. The first-order valence-electron chi connectivity index (χ1n) is 14.0. The summed E-state index contributed by atoms with van der Waals surface area (Å²) in [5.41, 5.74) is 13.0. The average Bonchev–Trinajstić information content (AvgIpc) is 3.39. The molecular formula is C35H36N2O4. The summed E-state index contributed by atoms with van der Waals surface area (Å²) >= 11 is 0. The maximum atomic E-state index is 12.1. The fourth-order valence-corrected chi connectivity index (χ4v) is 5.05. The number of benzene rings is 4. The Balaban J connectivity index is 1.44. The van der Waals surface area contributed by atoms with Gasteiger partial charge in [-0.3, -0.25) is 9.69 Å². The summed E-state index contributed by atoms with van der Waals surface area (Å²) in [4.78, 5) is 14.4. The molecule has 5 aromatic rings. The summed E-state index contributed by atoms with van der Waals surface area (Å²) in [7, 11) is 2.10. The van der Waals surface area contributed by atoms with Crippen LogP contribution in [0.5, 0.6) is 5.75 Å². The first kappa shape index (κ1) is 28.1. The molecule has 0 saturated heterocycles. The summed E-state index contributed by atoms with van der Waals surface area (Å²) < 4.78 is 17.9. The predicted octanol–water partition coefficient (Wildman–Crippen LogP) is 6.88. The number of carbonyl (C=O) groups is 1. The minimum absolute atomic E-state index is 0.168. The molecule has 0 aliphatic rings. The molecule has 0 radical (unpaired) electrons. The van der Waals surface area contributed by atoms with E-state index >= 15 is 0 Å². The van der Waals surface area contributed by atoms with Gasteiger partial charge < -0.3 is 19.6 Å². The Morgan fingerprint density at radius 2 is 1.63 bits per heavy atom. The molecule has 2 N–H and O–H groups in total. The molecule has 6 nitrogen and oxygen atoms in total. The van der Waals surface area contributed by atoms with Gasteiger partial charge in [-0.1, -0.05) is 66.7 Å². The molecule has 210 valence electrons. The number of ether oxygens (including phenoxy) is 2. The van der Waals surface area contributed by atoms with Gasteiger partial charge in [0.25, 0.3) is 0 Å². The quantitative estimate of drug-likeness (QED) is 0.171. The molecule has 0 spiro atoms. The number of para-hydroxylation sites is 1. The maximum Gasteiger partial charge on any atom is 0.310 e. The predicted molar refractivity (Wildman–Crippen MR) is 162 cm³/mol.